The van der Waals surface area contributed by atoms with Gasteiger partial charge in [0.15, 0.2) is 0 Å². The third-order valence-corrected chi connectivity index (χ3v) is 4.61. The Balaban J connectivity index is 1.96. The fourth-order valence-corrected chi connectivity index (χ4v) is 3.71. The van der Waals surface area contributed by atoms with Crippen LogP contribution in [0, 0.1) is 11.3 Å². The molecule has 1 fully saturated rings. The van der Waals surface area contributed by atoms with Gasteiger partial charge < -0.3 is 5.32 Å². The number of rotatable bonds is 6. The molecule has 2 nitrogen and oxygen atoms in total. The summed E-state index contributed by atoms with van der Waals surface area (Å²) in [5.41, 5.74) is 1.81. The lowest BCUT2D eigenvalue weighted by molar-refractivity contribution is 0.133. The molecule has 0 bridgehead atoms. The van der Waals surface area contributed by atoms with Gasteiger partial charge in [-0.15, -0.1) is 11.3 Å². The molecular formula is C14H24N2S. The molecule has 0 spiro atoms. The fourth-order valence-electron chi connectivity index (χ4n) is 2.73. The third kappa shape index (κ3) is 3.29. The Hall–Kier alpha value is -0.410. The molecule has 1 aromatic rings. The van der Waals surface area contributed by atoms with Crippen LogP contribution in [0.2, 0.25) is 0 Å². The minimum Gasteiger partial charge on any atom is -0.319 e. The van der Waals surface area contributed by atoms with Gasteiger partial charge in [0.2, 0.25) is 0 Å². The van der Waals surface area contributed by atoms with Crippen LogP contribution in [0.5, 0.6) is 0 Å². The molecule has 0 unspecified atom stereocenters. The zero-order chi connectivity index (χ0) is 12.3. The van der Waals surface area contributed by atoms with E-state index in [1.807, 2.05) is 11.3 Å². The lowest BCUT2D eigenvalue weighted by atomic mass is 9.67. The molecule has 17 heavy (non-hydrogen) atoms. The normalized spacial score (nSPS) is 18.4. The van der Waals surface area contributed by atoms with Crippen molar-refractivity contribution < 1.29 is 0 Å². The Labute approximate surface area is 109 Å². The van der Waals surface area contributed by atoms with Gasteiger partial charge in [0.25, 0.3) is 0 Å². The van der Waals surface area contributed by atoms with Crippen LogP contribution in [0.15, 0.2) is 5.38 Å². The first-order chi connectivity index (χ1) is 8.13. The molecule has 1 aromatic heterocycles. The van der Waals surface area contributed by atoms with Crippen molar-refractivity contribution in [2.45, 2.75) is 46.0 Å². The highest BCUT2D eigenvalue weighted by atomic mass is 32.1. The van der Waals surface area contributed by atoms with Gasteiger partial charge in [0, 0.05) is 18.3 Å². The Morgan fingerprint density at radius 3 is 2.76 bits per heavy atom. The fraction of sp³-hybridized carbons (Fsp3) is 0.786. The molecule has 3 heteroatoms. The number of nitrogens with zero attached hydrogens (tertiary/aromatic N) is 1. The van der Waals surface area contributed by atoms with Crippen LogP contribution in [0.3, 0.4) is 0 Å². The molecular weight excluding hydrogens is 228 g/mol. The van der Waals surface area contributed by atoms with Crippen molar-refractivity contribution >= 4 is 11.3 Å². The first-order valence-corrected chi connectivity index (χ1v) is 7.59. The predicted molar refractivity (Wildman–Crippen MR) is 74.6 cm³/mol. The van der Waals surface area contributed by atoms with E-state index in [0.717, 1.165) is 13.0 Å². The van der Waals surface area contributed by atoms with Gasteiger partial charge in [-0.3, -0.25) is 0 Å². The van der Waals surface area contributed by atoms with Crippen LogP contribution < -0.4 is 5.32 Å². The summed E-state index contributed by atoms with van der Waals surface area (Å²) < 4.78 is 0. The summed E-state index contributed by atoms with van der Waals surface area (Å²) in [6.07, 6.45) is 6.43. The molecule has 1 saturated carbocycles. The summed E-state index contributed by atoms with van der Waals surface area (Å²) in [4.78, 5) is 4.79. The quantitative estimate of drug-likeness (QED) is 0.840. The van der Waals surface area contributed by atoms with Crippen LogP contribution in [0.4, 0.5) is 0 Å². The molecule has 96 valence electrons. The van der Waals surface area contributed by atoms with Crippen molar-refractivity contribution in [3.05, 3.63) is 16.1 Å². The maximum Gasteiger partial charge on any atom is 0.0934 e. The van der Waals surface area contributed by atoms with Gasteiger partial charge >= 0.3 is 0 Å². The van der Waals surface area contributed by atoms with E-state index in [-0.39, 0.29) is 0 Å². The predicted octanol–water partition coefficient (Wildman–Crippen LogP) is 3.27. The molecule has 0 amide bonds. The highest BCUT2D eigenvalue weighted by molar-refractivity contribution is 7.09. The van der Waals surface area contributed by atoms with Gasteiger partial charge in [0.05, 0.1) is 10.7 Å². The number of hydrogen-bond acceptors (Lipinski definition) is 3. The molecule has 0 atom stereocenters. The Kier molecular flexibility index (Phi) is 4.21. The lowest BCUT2D eigenvalue weighted by Crippen LogP contribution is -2.40. The van der Waals surface area contributed by atoms with Gasteiger partial charge in [-0.25, -0.2) is 4.98 Å². The second kappa shape index (κ2) is 5.49. The number of hydrogen-bond donors (Lipinski definition) is 1. The third-order valence-electron chi connectivity index (χ3n) is 3.71. The minimum atomic E-state index is 0.516. The maximum atomic E-state index is 4.79. The smallest absolute Gasteiger partial charge is 0.0934 e. The maximum absolute atomic E-state index is 4.79. The summed E-state index contributed by atoms with van der Waals surface area (Å²) in [5, 5.41) is 6.94. The summed E-state index contributed by atoms with van der Waals surface area (Å²) in [6.45, 7) is 5.66. The second-order valence-electron chi connectivity index (χ2n) is 5.89. The summed E-state index contributed by atoms with van der Waals surface area (Å²) in [6, 6.07) is 0. The van der Waals surface area contributed by atoms with E-state index < -0.39 is 0 Å². The largest absolute Gasteiger partial charge is 0.319 e. The van der Waals surface area contributed by atoms with Crippen LogP contribution in [0.25, 0.3) is 0 Å². The van der Waals surface area contributed by atoms with Crippen molar-refractivity contribution in [1.82, 2.24) is 10.3 Å². The van der Waals surface area contributed by atoms with E-state index in [1.165, 1.54) is 36.4 Å². The SMILES string of the molecule is CNCC1(Cc2nc(CC(C)C)cs2)CCC1. The summed E-state index contributed by atoms with van der Waals surface area (Å²) in [5.74, 6) is 0.708. The number of aromatic nitrogens is 1. The second-order valence-corrected chi connectivity index (χ2v) is 6.83. The van der Waals surface area contributed by atoms with Crippen LogP contribution in [0.1, 0.15) is 43.8 Å². The van der Waals surface area contributed by atoms with E-state index >= 15 is 0 Å². The summed E-state index contributed by atoms with van der Waals surface area (Å²) in [7, 11) is 2.06. The zero-order valence-electron chi connectivity index (χ0n) is 11.3. The highest BCUT2D eigenvalue weighted by Crippen LogP contribution is 2.43. The van der Waals surface area contributed by atoms with Crippen LogP contribution in [-0.2, 0) is 12.8 Å². The molecule has 1 N–H and O–H groups in total. The van der Waals surface area contributed by atoms with Gasteiger partial charge in [-0.1, -0.05) is 20.3 Å². The molecule has 1 aliphatic carbocycles. The van der Waals surface area contributed by atoms with Crippen molar-refractivity contribution in [2.24, 2.45) is 11.3 Å². The van der Waals surface area contributed by atoms with Crippen LogP contribution >= 0.6 is 11.3 Å². The van der Waals surface area contributed by atoms with E-state index in [2.05, 4.69) is 31.6 Å². The molecule has 0 aliphatic heterocycles. The topological polar surface area (TPSA) is 24.9 Å². The first kappa shape index (κ1) is 13.0. The molecule has 1 heterocycles. The Morgan fingerprint density at radius 2 is 2.24 bits per heavy atom. The minimum absolute atomic E-state index is 0.516. The average molecular weight is 252 g/mol. The van der Waals surface area contributed by atoms with Crippen molar-refractivity contribution in [1.29, 1.82) is 0 Å². The summed E-state index contributed by atoms with van der Waals surface area (Å²) >= 11 is 1.85. The molecule has 1 aliphatic rings. The lowest BCUT2D eigenvalue weighted by Gasteiger charge is -2.41. The van der Waals surface area contributed by atoms with Crippen molar-refractivity contribution in [3.63, 3.8) is 0 Å². The van der Waals surface area contributed by atoms with Crippen molar-refractivity contribution in [3.8, 4) is 0 Å². The van der Waals surface area contributed by atoms with E-state index in [9.17, 15) is 0 Å². The molecule has 2 rings (SSSR count). The highest BCUT2D eigenvalue weighted by Gasteiger charge is 2.37. The zero-order valence-corrected chi connectivity index (χ0v) is 12.1. The number of nitrogens with one attached hydrogen (secondary N) is 1. The van der Waals surface area contributed by atoms with Crippen LogP contribution in [-0.4, -0.2) is 18.6 Å². The number of thiazole rings is 1. The first-order valence-electron chi connectivity index (χ1n) is 6.71. The average Bonchev–Trinajstić information content (AvgIpc) is 2.61. The van der Waals surface area contributed by atoms with Gasteiger partial charge in [-0.05, 0) is 37.6 Å². The van der Waals surface area contributed by atoms with E-state index in [1.54, 1.807) is 0 Å². The van der Waals surface area contributed by atoms with E-state index in [4.69, 9.17) is 4.98 Å². The standard InChI is InChI=1S/C14H24N2S/c1-11(2)7-12-9-17-13(16-12)8-14(10-15-3)5-4-6-14/h9,11,15H,4-8,10H2,1-3H3. The van der Waals surface area contributed by atoms with Gasteiger partial charge in [-0.2, -0.15) is 0 Å². The molecule has 0 radical (unpaired) electrons. The van der Waals surface area contributed by atoms with Gasteiger partial charge in [0.1, 0.15) is 0 Å². The van der Waals surface area contributed by atoms with Crippen molar-refractivity contribution in [2.75, 3.05) is 13.6 Å². The molecule has 0 saturated heterocycles. The Morgan fingerprint density at radius 1 is 1.47 bits per heavy atom. The monoisotopic (exact) mass is 252 g/mol. The molecule has 0 aromatic carbocycles. The Bertz CT molecular complexity index is 353. The van der Waals surface area contributed by atoms with E-state index in [0.29, 0.717) is 11.3 Å².